The van der Waals surface area contributed by atoms with E-state index in [2.05, 4.69) is 0 Å². The molecule has 3 aromatic carbocycles. The minimum atomic E-state index is -0.120. The van der Waals surface area contributed by atoms with E-state index in [0.717, 1.165) is 0 Å². The molecule has 1 aliphatic rings. The van der Waals surface area contributed by atoms with E-state index in [1.165, 1.54) is 0 Å². The number of hydrogen-bond acceptors (Lipinski definition) is 3. The zero-order valence-electron chi connectivity index (χ0n) is 6.88. The van der Waals surface area contributed by atoms with E-state index in [-0.39, 0.29) is 16.3 Å². The number of rotatable bonds is 0. The fraction of sp³-hybridized carbons (Fsp3) is 0. The van der Waals surface area contributed by atoms with Gasteiger partial charge in [-0.2, -0.15) is 0 Å². The molecule has 0 aromatic heterocycles. The van der Waals surface area contributed by atoms with Crippen molar-refractivity contribution in [3.8, 4) is 22.3 Å². The second-order valence-electron chi connectivity index (χ2n) is 3.65. The summed E-state index contributed by atoms with van der Waals surface area (Å²) in [6.07, 6.45) is 3.26. The van der Waals surface area contributed by atoms with Crippen LogP contribution in [0.2, 0.25) is 0 Å². The Labute approximate surface area is 77.0 Å². The quantitative estimate of drug-likeness (QED) is 0.390. The molecule has 0 spiro atoms. The minimum absolute atomic E-state index is 0.0467. The molecule has 4 rings (SSSR count). The van der Waals surface area contributed by atoms with Crippen molar-refractivity contribution < 1.29 is 0 Å². The van der Waals surface area contributed by atoms with Crippen molar-refractivity contribution in [3.05, 3.63) is 41.8 Å². The first-order chi connectivity index (χ1) is 6.72. The van der Waals surface area contributed by atoms with E-state index in [1.807, 2.05) is 0 Å². The van der Waals surface area contributed by atoms with Gasteiger partial charge in [0.2, 0.25) is 0 Å². The highest BCUT2D eigenvalue weighted by atomic mass is 16.1. The molecule has 0 saturated heterocycles. The summed E-state index contributed by atoms with van der Waals surface area (Å²) < 4.78 is 0. The Bertz CT molecular complexity index is 708. The summed E-state index contributed by atoms with van der Waals surface area (Å²) in [5, 5.41) is 0. The Balaban J connectivity index is 2.12. The van der Waals surface area contributed by atoms with Crippen molar-refractivity contribution >= 4 is 12.2 Å². The number of hydrogen-bond donors (Lipinski definition) is 0. The average Bonchev–Trinajstić information content (AvgIpc) is 2.99. The first kappa shape index (κ1) is 6.43. The van der Waals surface area contributed by atoms with Gasteiger partial charge in [-0.3, -0.25) is 14.4 Å². The fourth-order valence-electron chi connectivity index (χ4n) is 2.00. The molecular weight excluding hydrogens is 180 g/mol. The Morgan fingerprint density at radius 3 is 1.43 bits per heavy atom. The summed E-state index contributed by atoms with van der Waals surface area (Å²) >= 11 is 0. The fourth-order valence-corrected chi connectivity index (χ4v) is 2.00. The molecule has 0 unspecified atom stereocenters. The highest BCUT2D eigenvalue weighted by Crippen LogP contribution is 2.42. The highest BCUT2D eigenvalue weighted by Gasteiger charge is 2.41. The lowest BCUT2D eigenvalue weighted by Crippen LogP contribution is -1.77. The third-order valence-electron chi connectivity index (χ3n) is 2.92. The van der Waals surface area contributed by atoms with Crippen LogP contribution in [-0.4, -0.2) is 0 Å². The predicted octanol–water partition coefficient (Wildman–Crippen LogP) is 0.212. The zero-order valence-corrected chi connectivity index (χ0v) is 6.88. The topological polar surface area (TPSA) is 51.2 Å². The van der Waals surface area contributed by atoms with Gasteiger partial charge in [-0.1, -0.05) is 0 Å². The lowest BCUT2D eigenvalue weighted by Gasteiger charge is -1.77. The summed E-state index contributed by atoms with van der Waals surface area (Å²) in [5.74, 6) is 0. The maximum Gasteiger partial charge on any atom is 0.196 e. The Kier molecular flexibility index (Phi) is 0.688. The standard InChI is InChI=1S/C11H2O3/c12-9-3-1-2-4-6(10(4)13)8-7(5(3)9)11(8)14/h1-2H/b2-1-,3-1?,4-2?,7-5?,8-6?. The molecule has 0 radical (unpaired) electrons. The summed E-state index contributed by atoms with van der Waals surface area (Å²) in [7, 11) is 0. The van der Waals surface area contributed by atoms with E-state index in [0.29, 0.717) is 33.4 Å². The van der Waals surface area contributed by atoms with Gasteiger partial charge < -0.3 is 0 Å². The van der Waals surface area contributed by atoms with Crippen molar-refractivity contribution in [2.75, 3.05) is 0 Å². The van der Waals surface area contributed by atoms with E-state index in [4.69, 9.17) is 0 Å². The van der Waals surface area contributed by atoms with Crippen LogP contribution in [0.5, 0.6) is 0 Å². The third kappa shape index (κ3) is 0.478. The van der Waals surface area contributed by atoms with Gasteiger partial charge >= 0.3 is 0 Å². The second-order valence-corrected chi connectivity index (χ2v) is 3.65. The van der Waals surface area contributed by atoms with Crippen LogP contribution in [0.15, 0.2) is 14.4 Å². The average molecular weight is 182 g/mol. The molecule has 0 amide bonds. The minimum Gasteiger partial charge on any atom is -0.289 e. The first-order valence-corrected chi connectivity index (χ1v) is 4.27. The van der Waals surface area contributed by atoms with E-state index in [9.17, 15) is 14.4 Å². The smallest absolute Gasteiger partial charge is 0.196 e. The van der Waals surface area contributed by atoms with Crippen LogP contribution in [0, 0.1) is 0 Å². The van der Waals surface area contributed by atoms with Crippen LogP contribution < -0.4 is 16.3 Å². The molecule has 3 aromatic rings. The molecule has 3 nitrogen and oxygen atoms in total. The molecule has 0 fully saturated rings. The van der Waals surface area contributed by atoms with Gasteiger partial charge in [0, 0.05) is 33.4 Å². The van der Waals surface area contributed by atoms with Crippen molar-refractivity contribution in [2.24, 2.45) is 0 Å². The van der Waals surface area contributed by atoms with Gasteiger partial charge in [0.15, 0.2) is 16.3 Å². The first-order valence-electron chi connectivity index (χ1n) is 4.27. The molecule has 3 heteroatoms. The molecule has 0 heterocycles. The van der Waals surface area contributed by atoms with Crippen molar-refractivity contribution in [1.29, 1.82) is 0 Å². The maximum absolute atomic E-state index is 11.3. The van der Waals surface area contributed by atoms with E-state index in [1.54, 1.807) is 12.2 Å². The van der Waals surface area contributed by atoms with Gasteiger partial charge in [0.1, 0.15) is 0 Å². The van der Waals surface area contributed by atoms with E-state index < -0.39 is 0 Å². The molecule has 64 valence electrons. The molecule has 0 atom stereocenters. The summed E-state index contributed by atoms with van der Waals surface area (Å²) in [6.45, 7) is 0. The van der Waals surface area contributed by atoms with Gasteiger partial charge in [0.25, 0.3) is 0 Å². The van der Waals surface area contributed by atoms with Gasteiger partial charge in [-0.05, 0) is 12.2 Å². The van der Waals surface area contributed by atoms with Crippen LogP contribution in [0.4, 0.5) is 0 Å². The molecule has 0 N–H and O–H groups in total. The SMILES string of the molecule is O=c1c2c1-c1c(c1=O)-c1c(c1=O)/C=C\2. The third-order valence-corrected chi connectivity index (χ3v) is 2.92. The summed E-state index contributed by atoms with van der Waals surface area (Å²) in [5.41, 5.74) is 3.03. The molecule has 14 heavy (non-hydrogen) atoms. The Morgan fingerprint density at radius 2 is 1.00 bits per heavy atom. The molecule has 0 aliphatic heterocycles. The highest BCUT2D eigenvalue weighted by molar-refractivity contribution is 6.09. The van der Waals surface area contributed by atoms with Gasteiger partial charge in [-0.15, -0.1) is 0 Å². The van der Waals surface area contributed by atoms with Crippen LogP contribution in [0.25, 0.3) is 34.4 Å². The van der Waals surface area contributed by atoms with Crippen molar-refractivity contribution in [1.82, 2.24) is 0 Å². The largest absolute Gasteiger partial charge is 0.289 e. The second kappa shape index (κ2) is 1.50. The van der Waals surface area contributed by atoms with Crippen LogP contribution in [0.1, 0.15) is 11.1 Å². The van der Waals surface area contributed by atoms with E-state index >= 15 is 0 Å². The monoisotopic (exact) mass is 182 g/mol. The molecule has 0 saturated carbocycles. The van der Waals surface area contributed by atoms with Crippen molar-refractivity contribution in [2.45, 2.75) is 0 Å². The van der Waals surface area contributed by atoms with Crippen LogP contribution >= 0.6 is 0 Å². The molecular formula is C11H2O3. The summed E-state index contributed by atoms with van der Waals surface area (Å²) in [4.78, 5) is 33.7. The molecule has 1 aliphatic carbocycles. The van der Waals surface area contributed by atoms with Gasteiger partial charge in [0.05, 0.1) is 0 Å². The predicted molar refractivity (Wildman–Crippen MR) is 52.2 cm³/mol. The Hall–Kier alpha value is -2.03. The Morgan fingerprint density at radius 1 is 0.571 bits per heavy atom. The molecule has 0 bridgehead atoms. The van der Waals surface area contributed by atoms with Crippen molar-refractivity contribution in [3.63, 3.8) is 0 Å². The zero-order chi connectivity index (χ0) is 9.61. The summed E-state index contributed by atoms with van der Waals surface area (Å²) in [6, 6.07) is 0. The van der Waals surface area contributed by atoms with Crippen LogP contribution in [0.3, 0.4) is 0 Å². The van der Waals surface area contributed by atoms with Gasteiger partial charge in [-0.25, -0.2) is 0 Å². The normalized spacial score (nSPS) is 16.6. The lowest BCUT2D eigenvalue weighted by molar-refractivity contribution is 1.96. The van der Waals surface area contributed by atoms with Crippen LogP contribution in [-0.2, 0) is 0 Å². The number of fused-ring (bicyclic) bond motifs is 5. The lowest BCUT2D eigenvalue weighted by atomic mass is 10.2. The maximum atomic E-state index is 11.3.